The average Bonchev–Trinajstić information content (AvgIpc) is 3.07. The SMILES string of the molecule is Cc1ccc(NS(=O)(=O)c2ccc(C(=O)N3CCCCCC3c3ccncc3)cc2)cc1. The van der Waals surface area contributed by atoms with Crippen molar-refractivity contribution in [3.8, 4) is 0 Å². The Hall–Kier alpha value is -3.19. The Labute approximate surface area is 189 Å². The molecule has 1 aromatic heterocycles. The van der Waals surface area contributed by atoms with Crippen LogP contribution in [0.3, 0.4) is 0 Å². The highest BCUT2D eigenvalue weighted by Crippen LogP contribution is 2.31. The van der Waals surface area contributed by atoms with Gasteiger partial charge >= 0.3 is 0 Å². The second-order valence-corrected chi connectivity index (χ2v) is 9.82. The number of nitrogens with zero attached hydrogens (tertiary/aromatic N) is 2. The van der Waals surface area contributed by atoms with Gasteiger partial charge in [0.25, 0.3) is 15.9 Å². The van der Waals surface area contributed by atoms with Crippen molar-refractivity contribution >= 4 is 21.6 Å². The minimum Gasteiger partial charge on any atom is -0.332 e. The van der Waals surface area contributed by atoms with Gasteiger partial charge in [0.2, 0.25) is 0 Å². The van der Waals surface area contributed by atoms with Crippen LogP contribution in [0, 0.1) is 6.92 Å². The van der Waals surface area contributed by atoms with Crippen molar-refractivity contribution in [3.63, 3.8) is 0 Å². The molecule has 1 saturated heterocycles. The van der Waals surface area contributed by atoms with Crippen molar-refractivity contribution < 1.29 is 13.2 Å². The molecule has 32 heavy (non-hydrogen) atoms. The molecule has 1 N–H and O–H groups in total. The number of carbonyl (C=O) groups excluding carboxylic acids is 1. The van der Waals surface area contributed by atoms with E-state index in [0.717, 1.165) is 36.8 Å². The maximum absolute atomic E-state index is 13.4. The zero-order chi connectivity index (χ0) is 22.6. The number of amides is 1. The fraction of sp³-hybridized carbons (Fsp3) is 0.280. The van der Waals surface area contributed by atoms with Crippen molar-refractivity contribution in [1.29, 1.82) is 0 Å². The summed E-state index contributed by atoms with van der Waals surface area (Å²) in [6.07, 6.45) is 7.53. The molecular weight excluding hydrogens is 422 g/mol. The Kier molecular flexibility index (Phi) is 6.55. The van der Waals surface area contributed by atoms with Crippen LogP contribution in [0.25, 0.3) is 0 Å². The van der Waals surface area contributed by atoms with Crippen molar-refractivity contribution in [2.45, 2.75) is 43.5 Å². The fourth-order valence-electron chi connectivity index (χ4n) is 4.06. The highest BCUT2D eigenvalue weighted by Gasteiger charge is 2.28. The Morgan fingerprint density at radius 3 is 2.31 bits per heavy atom. The number of hydrogen-bond acceptors (Lipinski definition) is 4. The topological polar surface area (TPSA) is 79.4 Å². The van der Waals surface area contributed by atoms with Gasteiger partial charge in [0.1, 0.15) is 0 Å². The monoisotopic (exact) mass is 449 g/mol. The molecule has 1 aliphatic heterocycles. The van der Waals surface area contributed by atoms with Crippen molar-refractivity contribution in [1.82, 2.24) is 9.88 Å². The molecule has 0 aliphatic carbocycles. The molecular formula is C25H27N3O3S. The molecule has 2 aromatic carbocycles. The van der Waals surface area contributed by atoms with Gasteiger partial charge in [0.15, 0.2) is 0 Å². The van der Waals surface area contributed by atoms with Crippen LogP contribution in [0.15, 0.2) is 78.0 Å². The Balaban J connectivity index is 1.54. The molecule has 3 aromatic rings. The minimum absolute atomic E-state index is 0.000358. The molecule has 0 saturated carbocycles. The van der Waals surface area contributed by atoms with E-state index in [-0.39, 0.29) is 16.8 Å². The Bertz CT molecular complexity index is 1160. The molecule has 0 radical (unpaired) electrons. The largest absolute Gasteiger partial charge is 0.332 e. The standard InChI is InChI=1S/C25H27N3O3S/c1-19-6-10-22(11-7-19)27-32(30,31)23-12-8-21(9-13-23)25(29)28-18-4-2-3-5-24(28)20-14-16-26-17-15-20/h6-17,24,27H,2-5,18H2,1H3. The first kappa shape index (κ1) is 22.0. The summed E-state index contributed by atoms with van der Waals surface area (Å²) in [4.78, 5) is 19.5. The van der Waals surface area contributed by atoms with E-state index in [4.69, 9.17) is 0 Å². The van der Waals surface area contributed by atoms with Crippen LogP contribution in [-0.2, 0) is 10.0 Å². The van der Waals surface area contributed by atoms with E-state index in [9.17, 15) is 13.2 Å². The lowest BCUT2D eigenvalue weighted by Gasteiger charge is -2.30. The molecule has 0 bridgehead atoms. The molecule has 1 atom stereocenters. The van der Waals surface area contributed by atoms with E-state index >= 15 is 0 Å². The van der Waals surface area contributed by atoms with Crippen LogP contribution < -0.4 is 4.72 Å². The fourth-order valence-corrected chi connectivity index (χ4v) is 5.12. The van der Waals surface area contributed by atoms with Gasteiger partial charge in [-0.3, -0.25) is 14.5 Å². The Morgan fingerprint density at radius 1 is 0.938 bits per heavy atom. The lowest BCUT2D eigenvalue weighted by Crippen LogP contribution is -2.34. The number of benzene rings is 2. The number of aryl methyl sites for hydroxylation is 1. The highest BCUT2D eigenvalue weighted by molar-refractivity contribution is 7.92. The smallest absolute Gasteiger partial charge is 0.261 e. The van der Waals surface area contributed by atoms with Gasteiger partial charge in [-0.1, -0.05) is 30.5 Å². The zero-order valence-corrected chi connectivity index (χ0v) is 18.9. The number of nitrogens with one attached hydrogen (secondary N) is 1. The number of likely N-dealkylation sites (tertiary alicyclic amines) is 1. The third-order valence-electron chi connectivity index (χ3n) is 5.82. The van der Waals surface area contributed by atoms with Gasteiger partial charge in [-0.25, -0.2) is 8.42 Å². The number of aromatic nitrogens is 1. The summed E-state index contributed by atoms with van der Waals surface area (Å²) in [6, 6.07) is 17.2. The van der Waals surface area contributed by atoms with Crippen LogP contribution >= 0.6 is 0 Å². The third kappa shape index (κ3) is 4.99. The summed E-state index contributed by atoms with van der Waals surface area (Å²) in [6.45, 7) is 2.62. The number of rotatable bonds is 5. The van der Waals surface area contributed by atoms with E-state index in [2.05, 4.69) is 9.71 Å². The molecule has 1 aliphatic rings. The molecule has 166 valence electrons. The van der Waals surface area contributed by atoms with E-state index in [1.54, 1.807) is 36.7 Å². The molecule has 1 amide bonds. The van der Waals surface area contributed by atoms with Gasteiger partial charge in [0.05, 0.1) is 10.9 Å². The normalized spacial score (nSPS) is 16.9. The molecule has 1 unspecified atom stereocenters. The van der Waals surface area contributed by atoms with E-state index < -0.39 is 10.0 Å². The summed E-state index contributed by atoms with van der Waals surface area (Å²) < 4.78 is 28.1. The third-order valence-corrected chi connectivity index (χ3v) is 7.22. The molecule has 4 rings (SSSR count). The Morgan fingerprint density at radius 2 is 1.62 bits per heavy atom. The quantitative estimate of drug-likeness (QED) is 0.598. The molecule has 7 heteroatoms. The second-order valence-electron chi connectivity index (χ2n) is 8.14. The molecule has 2 heterocycles. The minimum atomic E-state index is -3.73. The van der Waals surface area contributed by atoms with E-state index in [0.29, 0.717) is 17.8 Å². The van der Waals surface area contributed by atoms with Crippen molar-refractivity contribution in [2.75, 3.05) is 11.3 Å². The lowest BCUT2D eigenvalue weighted by atomic mass is 10.0. The lowest BCUT2D eigenvalue weighted by molar-refractivity contribution is 0.0680. The van der Waals surface area contributed by atoms with Gasteiger partial charge in [-0.05, 0) is 73.9 Å². The van der Waals surface area contributed by atoms with Crippen LogP contribution in [0.2, 0.25) is 0 Å². The van der Waals surface area contributed by atoms with Crippen LogP contribution in [0.5, 0.6) is 0 Å². The second kappa shape index (κ2) is 9.53. The predicted octanol–water partition coefficient (Wildman–Crippen LogP) is 4.95. The summed E-state index contributed by atoms with van der Waals surface area (Å²) in [5.74, 6) is -0.0795. The first-order valence-corrected chi connectivity index (χ1v) is 12.3. The highest BCUT2D eigenvalue weighted by atomic mass is 32.2. The van der Waals surface area contributed by atoms with Gasteiger partial charge in [-0.2, -0.15) is 0 Å². The van der Waals surface area contributed by atoms with Crippen LogP contribution in [0.1, 0.15) is 53.2 Å². The summed E-state index contributed by atoms with van der Waals surface area (Å²) in [5.41, 5.74) is 3.12. The number of sulfonamides is 1. The van der Waals surface area contributed by atoms with E-state index in [1.807, 2.05) is 36.1 Å². The van der Waals surface area contributed by atoms with Crippen molar-refractivity contribution in [3.05, 3.63) is 89.7 Å². The number of pyridine rings is 1. The summed E-state index contributed by atoms with van der Waals surface area (Å²) in [7, 11) is -3.73. The van der Waals surface area contributed by atoms with Crippen LogP contribution in [-0.4, -0.2) is 30.8 Å². The number of carbonyl (C=O) groups is 1. The van der Waals surface area contributed by atoms with Gasteiger partial charge in [0, 0.05) is 30.2 Å². The molecule has 6 nitrogen and oxygen atoms in total. The summed E-state index contributed by atoms with van der Waals surface area (Å²) >= 11 is 0. The molecule has 0 spiro atoms. The first-order chi connectivity index (χ1) is 15.4. The van der Waals surface area contributed by atoms with Crippen LogP contribution in [0.4, 0.5) is 5.69 Å². The van der Waals surface area contributed by atoms with E-state index in [1.165, 1.54) is 12.1 Å². The summed E-state index contributed by atoms with van der Waals surface area (Å²) in [5, 5.41) is 0. The van der Waals surface area contributed by atoms with Crippen molar-refractivity contribution in [2.24, 2.45) is 0 Å². The predicted molar refractivity (Wildman–Crippen MR) is 125 cm³/mol. The zero-order valence-electron chi connectivity index (χ0n) is 18.1. The average molecular weight is 450 g/mol. The van der Waals surface area contributed by atoms with Gasteiger partial charge in [-0.15, -0.1) is 0 Å². The number of hydrogen-bond donors (Lipinski definition) is 1. The maximum Gasteiger partial charge on any atom is 0.261 e. The number of anilines is 1. The molecule has 1 fully saturated rings. The first-order valence-electron chi connectivity index (χ1n) is 10.8. The maximum atomic E-state index is 13.4. The van der Waals surface area contributed by atoms with Gasteiger partial charge < -0.3 is 4.90 Å².